The molecule has 0 fully saturated rings. The Morgan fingerprint density at radius 2 is 1.81 bits per heavy atom. The van der Waals surface area contributed by atoms with Gasteiger partial charge in [-0.2, -0.15) is 0 Å². The number of thiophene rings is 1. The number of nitrogens with one attached hydrogen (secondary N) is 1. The Bertz CT molecular complexity index is 929. The van der Waals surface area contributed by atoms with Crippen LogP contribution in [-0.2, 0) is 9.53 Å². The maximum Gasteiger partial charge on any atom is 0.340 e. The number of ether oxygens (including phenoxy) is 1. The minimum atomic E-state index is -0.676. The Morgan fingerprint density at radius 3 is 2.48 bits per heavy atom. The summed E-state index contributed by atoms with van der Waals surface area (Å²) in [6.45, 7) is -0.451. The van der Waals surface area contributed by atoms with Crippen LogP contribution in [0.25, 0.3) is 0 Å². The van der Waals surface area contributed by atoms with Crippen molar-refractivity contribution in [1.82, 2.24) is 5.32 Å². The van der Waals surface area contributed by atoms with Crippen molar-refractivity contribution in [3.8, 4) is 0 Å². The number of amides is 1. The van der Waals surface area contributed by atoms with E-state index in [2.05, 4.69) is 5.32 Å². The molecule has 1 atom stereocenters. The summed E-state index contributed by atoms with van der Waals surface area (Å²) in [6.07, 6.45) is 0. The fourth-order valence-electron chi connectivity index (χ4n) is 2.47. The first-order chi connectivity index (χ1) is 13.0. The van der Waals surface area contributed by atoms with E-state index in [4.69, 9.17) is 16.3 Å². The minimum Gasteiger partial charge on any atom is -0.452 e. The molecule has 0 aliphatic rings. The van der Waals surface area contributed by atoms with Crippen LogP contribution in [0.2, 0.25) is 5.02 Å². The van der Waals surface area contributed by atoms with Crippen molar-refractivity contribution >= 4 is 34.8 Å². The third kappa shape index (κ3) is 4.93. The molecule has 0 spiro atoms. The molecule has 7 heteroatoms. The van der Waals surface area contributed by atoms with Crippen LogP contribution in [0.5, 0.6) is 0 Å². The van der Waals surface area contributed by atoms with E-state index in [1.54, 1.807) is 30.3 Å². The van der Waals surface area contributed by atoms with Crippen molar-refractivity contribution in [2.24, 2.45) is 0 Å². The van der Waals surface area contributed by atoms with E-state index in [0.29, 0.717) is 0 Å². The summed E-state index contributed by atoms with van der Waals surface area (Å²) in [4.78, 5) is 25.3. The number of hydrogen-bond acceptors (Lipinski definition) is 4. The molecule has 2 aromatic carbocycles. The fourth-order valence-corrected chi connectivity index (χ4v) is 3.48. The van der Waals surface area contributed by atoms with Gasteiger partial charge in [0, 0.05) is 4.88 Å². The van der Waals surface area contributed by atoms with Gasteiger partial charge in [0.2, 0.25) is 0 Å². The van der Waals surface area contributed by atoms with E-state index in [0.717, 1.165) is 10.4 Å². The largest absolute Gasteiger partial charge is 0.452 e. The van der Waals surface area contributed by atoms with Crippen LogP contribution in [0, 0.1) is 5.82 Å². The second-order valence-electron chi connectivity index (χ2n) is 5.62. The molecule has 0 radical (unpaired) electrons. The summed E-state index contributed by atoms with van der Waals surface area (Å²) in [6, 6.07) is 15.6. The monoisotopic (exact) mass is 403 g/mol. The van der Waals surface area contributed by atoms with Gasteiger partial charge in [0.1, 0.15) is 5.82 Å². The molecule has 0 saturated heterocycles. The molecular formula is C20H15ClFNO3S. The second kappa shape index (κ2) is 8.79. The zero-order valence-corrected chi connectivity index (χ0v) is 15.6. The Hall–Kier alpha value is -2.70. The highest BCUT2D eigenvalue weighted by atomic mass is 35.5. The van der Waals surface area contributed by atoms with E-state index < -0.39 is 24.5 Å². The molecule has 0 aliphatic carbocycles. The normalized spacial score (nSPS) is 11.6. The Kier molecular flexibility index (Phi) is 6.21. The van der Waals surface area contributed by atoms with Gasteiger partial charge < -0.3 is 10.1 Å². The average Bonchev–Trinajstić information content (AvgIpc) is 3.20. The van der Waals surface area contributed by atoms with Gasteiger partial charge in [0.25, 0.3) is 5.91 Å². The smallest absolute Gasteiger partial charge is 0.340 e. The summed E-state index contributed by atoms with van der Waals surface area (Å²) in [5, 5.41) is 4.96. The fraction of sp³-hybridized carbons (Fsp3) is 0.100. The Morgan fingerprint density at radius 1 is 1.07 bits per heavy atom. The molecule has 0 saturated carbocycles. The first-order valence-corrected chi connectivity index (χ1v) is 9.30. The average molecular weight is 404 g/mol. The lowest BCUT2D eigenvalue weighted by atomic mass is 10.1. The molecule has 1 aromatic heterocycles. The van der Waals surface area contributed by atoms with Crippen LogP contribution in [0.3, 0.4) is 0 Å². The number of halogens is 2. The van der Waals surface area contributed by atoms with Crippen LogP contribution >= 0.6 is 22.9 Å². The van der Waals surface area contributed by atoms with E-state index in [9.17, 15) is 14.0 Å². The maximum absolute atomic E-state index is 13.2. The Balaban J connectivity index is 1.67. The van der Waals surface area contributed by atoms with Crippen LogP contribution in [0.4, 0.5) is 4.39 Å². The van der Waals surface area contributed by atoms with Gasteiger partial charge in [0.05, 0.1) is 16.6 Å². The predicted molar refractivity (Wildman–Crippen MR) is 102 cm³/mol. The maximum atomic E-state index is 13.2. The topological polar surface area (TPSA) is 55.4 Å². The number of carbonyl (C=O) groups is 2. The molecule has 1 amide bonds. The highest BCUT2D eigenvalue weighted by molar-refractivity contribution is 7.10. The summed E-state index contributed by atoms with van der Waals surface area (Å²) < 4.78 is 18.3. The van der Waals surface area contributed by atoms with Crippen LogP contribution in [0.1, 0.15) is 26.8 Å². The first kappa shape index (κ1) is 19.1. The van der Waals surface area contributed by atoms with Crippen LogP contribution in [0.15, 0.2) is 66.0 Å². The van der Waals surface area contributed by atoms with E-state index in [1.807, 2.05) is 17.5 Å². The SMILES string of the molecule is O=C(COC(=O)c1ccccc1Cl)NC(c1ccc(F)cc1)c1cccs1. The summed E-state index contributed by atoms with van der Waals surface area (Å²) in [5.41, 5.74) is 0.921. The quantitative estimate of drug-likeness (QED) is 0.612. The molecule has 3 aromatic rings. The summed E-state index contributed by atoms with van der Waals surface area (Å²) >= 11 is 7.41. The lowest BCUT2D eigenvalue weighted by molar-refractivity contribution is -0.124. The van der Waals surface area contributed by atoms with Crippen molar-refractivity contribution in [3.05, 3.63) is 92.9 Å². The third-order valence-electron chi connectivity index (χ3n) is 3.76. The standard InChI is InChI=1S/C20H15ClFNO3S/c21-16-5-2-1-4-15(16)20(25)26-12-18(24)23-19(17-6-3-11-27-17)13-7-9-14(22)10-8-13/h1-11,19H,12H2,(H,23,24). The zero-order valence-electron chi connectivity index (χ0n) is 14.0. The van der Waals surface area contributed by atoms with E-state index >= 15 is 0 Å². The number of benzene rings is 2. The first-order valence-electron chi connectivity index (χ1n) is 8.04. The lowest BCUT2D eigenvalue weighted by Crippen LogP contribution is -2.32. The molecule has 0 bridgehead atoms. The van der Waals surface area contributed by atoms with Crippen molar-refractivity contribution in [2.75, 3.05) is 6.61 Å². The minimum absolute atomic E-state index is 0.195. The van der Waals surface area contributed by atoms with Gasteiger partial charge in [-0.25, -0.2) is 9.18 Å². The molecular weight excluding hydrogens is 389 g/mol. The molecule has 0 aliphatic heterocycles. The zero-order chi connectivity index (χ0) is 19.2. The molecule has 4 nitrogen and oxygen atoms in total. The van der Waals surface area contributed by atoms with Crippen molar-refractivity contribution in [2.45, 2.75) is 6.04 Å². The van der Waals surface area contributed by atoms with E-state index in [-0.39, 0.29) is 16.4 Å². The van der Waals surface area contributed by atoms with Crippen LogP contribution in [-0.4, -0.2) is 18.5 Å². The number of esters is 1. The predicted octanol–water partition coefficient (Wildman–Crippen LogP) is 4.60. The van der Waals surface area contributed by atoms with Crippen LogP contribution < -0.4 is 5.32 Å². The second-order valence-corrected chi connectivity index (χ2v) is 7.01. The number of rotatable bonds is 6. The molecule has 3 rings (SSSR count). The molecule has 1 N–H and O–H groups in total. The number of carbonyl (C=O) groups excluding carboxylic acids is 2. The van der Waals surface area contributed by atoms with Crippen molar-refractivity contribution in [1.29, 1.82) is 0 Å². The van der Waals surface area contributed by atoms with Gasteiger partial charge in [-0.3, -0.25) is 4.79 Å². The van der Waals surface area contributed by atoms with Gasteiger partial charge in [0.15, 0.2) is 6.61 Å². The van der Waals surface area contributed by atoms with E-state index in [1.165, 1.54) is 29.5 Å². The third-order valence-corrected chi connectivity index (χ3v) is 5.03. The molecule has 138 valence electrons. The van der Waals surface area contributed by atoms with Gasteiger partial charge in [-0.15, -0.1) is 11.3 Å². The lowest BCUT2D eigenvalue weighted by Gasteiger charge is -2.18. The molecule has 1 heterocycles. The number of hydrogen-bond donors (Lipinski definition) is 1. The summed E-state index contributed by atoms with van der Waals surface area (Å²) in [5.74, 6) is -1.51. The van der Waals surface area contributed by atoms with Crippen molar-refractivity contribution in [3.63, 3.8) is 0 Å². The van der Waals surface area contributed by atoms with Crippen molar-refractivity contribution < 1.29 is 18.7 Å². The Labute approximate surface area is 164 Å². The van der Waals surface area contributed by atoms with Gasteiger partial charge in [-0.1, -0.05) is 41.9 Å². The molecule has 27 heavy (non-hydrogen) atoms. The summed E-state index contributed by atoms with van der Waals surface area (Å²) in [7, 11) is 0. The highest BCUT2D eigenvalue weighted by Crippen LogP contribution is 2.26. The van der Waals surface area contributed by atoms with Gasteiger partial charge >= 0.3 is 5.97 Å². The van der Waals surface area contributed by atoms with Gasteiger partial charge in [-0.05, 0) is 41.3 Å². The molecule has 1 unspecified atom stereocenters. The highest BCUT2D eigenvalue weighted by Gasteiger charge is 2.19.